The van der Waals surface area contributed by atoms with Crippen molar-refractivity contribution in [1.29, 1.82) is 0 Å². The van der Waals surface area contributed by atoms with Crippen LogP contribution in [0.5, 0.6) is 0 Å². The van der Waals surface area contributed by atoms with E-state index in [4.69, 9.17) is 9.57 Å². The molecule has 1 saturated heterocycles. The van der Waals surface area contributed by atoms with Gasteiger partial charge in [0.25, 0.3) is 5.91 Å². The number of benzene rings is 1. The molecule has 0 saturated carbocycles. The van der Waals surface area contributed by atoms with Crippen LogP contribution >= 0.6 is 0 Å². The Hall–Kier alpha value is -2.31. The summed E-state index contributed by atoms with van der Waals surface area (Å²) in [4.78, 5) is 18.8. The number of nitrogens with zero attached hydrogens (tertiary/aromatic N) is 3. The summed E-state index contributed by atoms with van der Waals surface area (Å²) >= 11 is 0. The number of hydrogen-bond acceptors (Lipinski definition) is 3. The number of aromatic nitrogens is 2. The fraction of sp³-hybridized carbons (Fsp3) is 0.476. The number of hydroxylamine groups is 2. The molecule has 0 atom stereocenters. The molecule has 2 aromatic heterocycles. The van der Waals surface area contributed by atoms with Crippen molar-refractivity contribution in [2.24, 2.45) is 0 Å². The minimum Gasteiger partial charge on any atom is -0.383 e. The summed E-state index contributed by atoms with van der Waals surface area (Å²) in [5.41, 5.74) is 4.04. The van der Waals surface area contributed by atoms with Crippen molar-refractivity contribution in [2.75, 3.05) is 26.9 Å². The molecule has 1 aliphatic rings. The van der Waals surface area contributed by atoms with Gasteiger partial charge in [-0.2, -0.15) is 0 Å². The van der Waals surface area contributed by atoms with E-state index in [2.05, 4.69) is 47.2 Å². The molecule has 3 aromatic rings. The molecule has 1 aliphatic heterocycles. The molecule has 6 nitrogen and oxygen atoms in total. The summed E-state index contributed by atoms with van der Waals surface area (Å²) in [5.74, 6) is -0.0682. The molecule has 3 heterocycles. The van der Waals surface area contributed by atoms with Crippen molar-refractivity contribution in [3.63, 3.8) is 0 Å². The minimum atomic E-state index is -0.0682. The normalized spacial score (nSPS) is 15.3. The van der Waals surface area contributed by atoms with Crippen LogP contribution in [0, 0.1) is 0 Å². The summed E-state index contributed by atoms with van der Waals surface area (Å²) in [7, 11) is 1.69. The standard InChI is InChI=1S/C21H27N3O3/c1-15(2)24-17-9-5-4-8-16(17)20-18(24)14-19(22(20)11-13-26-3)21(25)23-10-6-7-12-27-23/h4-5,8-9,14-15H,6-7,10-13H2,1-3H3. The van der Waals surface area contributed by atoms with Crippen molar-refractivity contribution in [2.45, 2.75) is 39.3 Å². The molecule has 6 heteroatoms. The van der Waals surface area contributed by atoms with Gasteiger partial charge in [0.05, 0.1) is 29.8 Å². The molecule has 1 aromatic carbocycles. The number of methoxy groups -OCH3 is 1. The van der Waals surface area contributed by atoms with Crippen LogP contribution in [-0.2, 0) is 16.1 Å². The summed E-state index contributed by atoms with van der Waals surface area (Å²) in [5, 5.41) is 2.68. The van der Waals surface area contributed by atoms with Crippen molar-refractivity contribution < 1.29 is 14.4 Å². The summed E-state index contributed by atoms with van der Waals surface area (Å²) in [6.45, 7) is 6.77. The maximum atomic E-state index is 13.2. The Balaban J connectivity index is 1.93. The van der Waals surface area contributed by atoms with Crippen LogP contribution < -0.4 is 0 Å². The van der Waals surface area contributed by atoms with Crippen LogP contribution in [0.15, 0.2) is 30.3 Å². The lowest BCUT2D eigenvalue weighted by Gasteiger charge is -2.26. The van der Waals surface area contributed by atoms with Gasteiger partial charge in [0.2, 0.25) is 0 Å². The molecule has 144 valence electrons. The maximum absolute atomic E-state index is 13.2. The van der Waals surface area contributed by atoms with Gasteiger partial charge >= 0.3 is 0 Å². The molecule has 1 fully saturated rings. The zero-order chi connectivity index (χ0) is 19.0. The Bertz CT molecular complexity index is 964. The van der Waals surface area contributed by atoms with Crippen molar-refractivity contribution in [3.05, 3.63) is 36.0 Å². The SMILES string of the molecule is COCCn1c(C(=O)N2CCCCO2)cc2c1c1ccccc1n2C(C)C. The van der Waals surface area contributed by atoms with E-state index in [-0.39, 0.29) is 5.91 Å². The van der Waals surface area contributed by atoms with Crippen molar-refractivity contribution in [3.8, 4) is 0 Å². The number of carbonyl (C=O) groups excluding carboxylic acids is 1. The number of amides is 1. The quantitative estimate of drug-likeness (QED) is 0.683. The summed E-state index contributed by atoms with van der Waals surface area (Å²) < 4.78 is 9.73. The third kappa shape index (κ3) is 3.03. The minimum absolute atomic E-state index is 0.0682. The van der Waals surface area contributed by atoms with Crippen LogP contribution in [0.2, 0.25) is 0 Å². The average Bonchev–Trinajstić information content (AvgIpc) is 3.20. The fourth-order valence-electron chi connectivity index (χ4n) is 4.05. The lowest BCUT2D eigenvalue weighted by atomic mass is 10.2. The molecule has 27 heavy (non-hydrogen) atoms. The highest BCUT2D eigenvalue weighted by molar-refractivity contribution is 6.10. The predicted molar refractivity (Wildman–Crippen MR) is 106 cm³/mol. The number of hydrogen-bond donors (Lipinski definition) is 0. The second kappa shape index (κ2) is 7.37. The van der Waals surface area contributed by atoms with Gasteiger partial charge in [-0.3, -0.25) is 9.63 Å². The van der Waals surface area contributed by atoms with E-state index in [9.17, 15) is 4.79 Å². The molecule has 1 amide bonds. The predicted octanol–water partition coefficient (Wildman–Crippen LogP) is 3.99. The van der Waals surface area contributed by atoms with Crippen LogP contribution in [0.25, 0.3) is 21.9 Å². The first kappa shape index (κ1) is 18.1. The van der Waals surface area contributed by atoms with Gasteiger partial charge in [-0.15, -0.1) is 0 Å². The van der Waals surface area contributed by atoms with E-state index in [0.717, 1.165) is 29.3 Å². The Kier molecular flexibility index (Phi) is 4.93. The third-order valence-corrected chi connectivity index (χ3v) is 5.24. The maximum Gasteiger partial charge on any atom is 0.294 e. The van der Waals surface area contributed by atoms with Gasteiger partial charge in [0.1, 0.15) is 5.69 Å². The number of fused-ring (bicyclic) bond motifs is 3. The van der Waals surface area contributed by atoms with Crippen LogP contribution in [0.4, 0.5) is 0 Å². The zero-order valence-corrected chi connectivity index (χ0v) is 16.3. The van der Waals surface area contributed by atoms with Gasteiger partial charge in [0.15, 0.2) is 0 Å². The second-order valence-corrected chi connectivity index (χ2v) is 7.34. The molecule has 0 spiro atoms. The number of ether oxygens (including phenoxy) is 1. The Morgan fingerprint density at radius 2 is 2.04 bits per heavy atom. The molecular weight excluding hydrogens is 342 g/mol. The Morgan fingerprint density at radius 1 is 1.22 bits per heavy atom. The molecule has 0 aliphatic carbocycles. The monoisotopic (exact) mass is 369 g/mol. The highest BCUT2D eigenvalue weighted by atomic mass is 16.7. The lowest BCUT2D eigenvalue weighted by Crippen LogP contribution is -2.37. The van der Waals surface area contributed by atoms with Gasteiger partial charge in [-0.25, -0.2) is 5.06 Å². The first-order valence-electron chi connectivity index (χ1n) is 9.69. The summed E-state index contributed by atoms with van der Waals surface area (Å²) in [6, 6.07) is 10.7. The van der Waals surface area contributed by atoms with Crippen LogP contribution in [0.3, 0.4) is 0 Å². The van der Waals surface area contributed by atoms with Crippen LogP contribution in [0.1, 0.15) is 43.2 Å². The second-order valence-electron chi connectivity index (χ2n) is 7.34. The van der Waals surface area contributed by atoms with E-state index in [1.165, 1.54) is 10.6 Å². The largest absolute Gasteiger partial charge is 0.383 e. The fourth-order valence-corrected chi connectivity index (χ4v) is 4.05. The number of rotatable bonds is 5. The van der Waals surface area contributed by atoms with Gasteiger partial charge in [-0.1, -0.05) is 18.2 Å². The van der Waals surface area contributed by atoms with E-state index < -0.39 is 0 Å². The first-order valence-corrected chi connectivity index (χ1v) is 9.69. The van der Waals surface area contributed by atoms with Crippen LogP contribution in [-0.4, -0.2) is 47.0 Å². The van der Waals surface area contributed by atoms with Gasteiger partial charge in [0, 0.05) is 31.6 Å². The van der Waals surface area contributed by atoms with E-state index in [0.29, 0.717) is 38.0 Å². The molecule has 0 unspecified atom stereocenters. The molecule has 0 bridgehead atoms. The highest BCUT2D eigenvalue weighted by Gasteiger charge is 2.27. The first-order chi connectivity index (χ1) is 13.1. The smallest absolute Gasteiger partial charge is 0.294 e. The average molecular weight is 369 g/mol. The van der Waals surface area contributed by atoms with Crippen molar-refractivity contribution in [1.82, 2.24) is 14.2 Å². The molecule has 4 rings (SSSR count). The molecule has 0 N–H and O–H groups in total. The molecular formula is C21H27N3O3. The zero-order valence-electron chi connectivity index (χ0n) is 16.3. The number of carbonyl (C=O) groups is 1. The number of para-hydroxylation sites is 1. The highest BCUT2D eigenvalue weighted by Crippen LogP contribution is 2.34. The van der Waals surface area contributed by atoms with E-state index >= 15 is 0 Å². The van der Waals surface area contributed by atoms with Gasteiger partial charge < -0.3 is 13.9 Å². The third-order valence-electron chi connectivity index (χ3n) is 5.24. The Labute approximate surface area is 159 Å². The topological polar surface area (TPSA) is 48.6 Å². The summed E-state index contributed by atoms with van der Waals surface area (Å²) in [6.07, 6.45) is 1.98. The Morgan fingerprint density at radius 3 is 2.74 bits per heavy atom. The van der Waals surface area contributed by atoms with E-state index in [1.807, 2.05) is 6.07 Å². The van der Waals surface area contributed by atoms with Gasteiger partial charge in [-0.05, 0) is 38.8 Å². The van der Waals surface area contributed by atoms with Crippen molar-refractivity contribution >= 4 is 27.8 Å². The lowest BCUT2D eigenvalue weighted by molar-refractivity contribution is -0.144. The molecule has 0 radical (unpaired) electrons. The van der Waals surface area contributed by atoms with E-state index in [1.54, 1.807) is 7.11 Å².